The summed E-state index contributed by atoms with van der Waals surface area (Å²) >= 11 is 0. The fourth-order valence-electron chi connectivity index (χ4n) is 2.65. The zero-order chi connectivity index (χ0) is 13.0. The quantitative estimate of drug-likeness (QED) is 0.811. The molecule has 2 unspecified atom stereocenters. The van der Waals surface area contributed by atoms with Crippen molar-refractivity contribution in [2.75, 3.05) is 24.7 Å². The summed E-state index contributed by atoms with van der Waals surface area (Å²) in [6, 6.07) is 0. The smallest absolute Gasteiger partial charge is 0.220 e. The first-order valence-electron chi connectivity index (χ1n) is 6.64. The molecule has 0 saturated carbocycles. The maximum Gasteiger partial charge on any atom is 0.220 e. The summed E-state index contributed by atoms with van der Waals surface area (Å²) in [6.45, 7) is 1.33. The average Bonchev–Trinajstić information content (AvgIpc) is 2.77. The highest BCUT2D eigenvalue weighted by Crippen LogP contribution is 2.21. The van der Waals surface area contributed by atoms with Gasteiger partial charge in [0.25, 0.3) is 0 Å². The normalized spacial score (nSPS) is 31.1. The lowest BCUT2D eigenvalue weighted by molar-refractivity contribution is -0.122. The molecule has 0 aliphatic carbocycles. The lowest BCUT2D eigenvalue weighted by atomic mass is 10.0. The van der Waals surface area contributed by atoms with E-state index < -0.39 is 9.84 Å². The van der Waals surface area contributed by atoms with Gasteiger partial charge in [-0.3, -0.25) is 4.79 Å². The van der Waals surface area contributed by atoms with Crippen LogP contribution < -0.4 is 5.32 Å². The second-order valence-electron chi connectivity index (χ2n) is 5.27. The van der Waals surface area contributed by atoms with Crippen LogP contribution in [0.1, 0.15) is 32.1 Å². The van der Waals surface area contributed by atoms with Crippen molar-refractivity contribution in [2.24, 2.45) is 5.92 Å². The molecular formula is C12H21NO4S. The van der Waals surface area contributed by atoms with Crippen LogP contribution >= 0.6 is 0 Å². The van der Waals surface area contributed by atoms with E-state index in [1.54, 1.807) is 0 Å². The van der Waals surface area contributed by atoms with Gasteiger partial charge < -0.3 is 10.1 Å². The first-order chi connectivity index (χ1) is 8.55. The van der Waals surface area contributed by atoms with Crippen LogP contribution in [0.3, 0.4) is 0 Å². The van der Waals surface area contributed by atoms with Crippen molar-refractivity contribution in [1.82, 2.24) is 5.32 Å². The number of hydrogen-bond donors (Lipinski definition) is 1. The number of carbonyl (C=O) groups is 1. The minimum Gasteiger partial charge on any atom is -0.376 e. The fraction of sp³-hybridized carbons (Fsp3) is 0.917. The molecular weight excluding hydrogens is 254 g/mol. The van der Waals surface area contributed by atoms with Crippen LogP contribution in [0.15, 0.2) is 0 Å². The van der Waals surface area contributed by atoms with E-state index in [2.05, 4.69) is 5.32 Å². The number of carbonyl (C=O) groups excluding carboxylic acids is 1. The number of sulfone groups is 1. The highest BCUT2D eigenvalue weighted by molar-refractivity contribution is 7.91. The number of rotatable bonds is 4. The SMILES string of the molecule is O=C(CC1CCCS(=O)(=O)C1)NCC1CCCO1. The predicted molar refractivity (Wildman–Crippen MR) is 68.0 cm³/mol. The van der Waals surface area contributed by atoms with Gasteiger partial charge in [-0.2, -0.15) is 0 Å². The molecule has 5 nitrogen and oxygen atoms in total. The van der Waals surface area contributed by atoms with Crippen molar-refractivity contribution in [3.8, 4) is 0 Å². The van der Waals surface area contributed by atoms with Gasteiger partial charge in [-0.25, -0.2) is 8.42 Å². The summed E-state index contributed by atoms with van der Waals surface area (Å²) in [5.74, 6) is 0.391. The van der Waals surface area contributed by atoms with Crippen LogP contribution in [0.5, 0.6) is 0 Å². The largest absolute Gasteiger partial charge is 0.376 e. The van der Waals surface area contributed by atoms with E-state index in [1.807, 2.05) is 0 Å². The number of hydrogen-bond acceptors (Lipinski definition) is 4. The molecule has 0 spiro atoms. The Bertz CT molecular complexity index is 387. The van der Waals surface area contributed by atoms with Crippen LogP contribution in [0, 0.1) is 5.92 Å². The molecule has 1 N–H and O–H groups in total. The molecule has 0 bridgehead atoms. The van der Waals surface area contributed by atoms with E-state index in [1.165, 1.54) is 0 Å². The summed E-state index contributed by atoms with van der Waals surface area (Å²) in [5, 5.41) is 2.84. The van der Waals surface area contributed by atoms with E-state index in [0.29, 0.717) is 19.4 Å². The van der Waals surface area contributed by atoms with Crippen LogP contribution in [0.4, 0.5) is 0 Å². The second kappa shape index (κ2) is 6.02. The monoisotopic (exact) mass is 275 g/mol. The van der Waals surface area contributed by atoms with E-state index in [9.17, 15) is 13.2 Å². The van der Waals surface area contributed by atoms with Crippen LogP contribution in [-0.2, 0) is 19.4 Å². The highest BCUT2D eigenvalue weighted by Gasteiger charge is 2.26. The van der Waals surface area contributed by atoms with Gasteiger partial charge in [0.15, 0.2) is 9.84 Å². The molecule has 0 aromatic carbocycles. The van der Waals surface area contributed by atoms with E-state index in [4.69, 9.17) is 4.74 Å². The van der Waals surface area contributed by atoms with Crippen LogP contribution in [0.2, 0.25) is 0 Å². The molecule has 2 fully saturated rings. The number of ether oxygens (including phenoxy) is 1. The van der Waals surface area contributed by atoms with Crippen molar-refractivity contribution in [1.29, 1.82) is 0 Å². The van der Waals surface area contributed by atoms with Crippen molar-refractivity contribution >= 4 is 15.7 Å². The van der Waals surface area contributed by atoms with Gasteiger partial charge in [0.05, 0.1) is 17.6 Å². The highest BCUT2D eigenvalue weighted by atomic mass is 32.2. The maximum absolute atomic E-state index is 11.7. The predicted octanol–water partition coefficient (Wildman–Crippen LogP) is 0.496. The molecule has 6 heteroatoms. The first-order valence-corrected chi connectivity index (χ1v) is 8.46. The Morgan fingerprint density at radius 3 is 2.78 bits per heavy atom. The summed E-state index contributed by atoms with van der Waals surface area (Å²) in [4.78, 5) is 11.7. The minimum absolute atomic E-state index is 0.00625. The Morgan fingerprint density at radius 2 is 2.11 bits per heavy atom. The molecule has 2 atom stereocenters. The second-order valence-corrected chi connectivity index (χ2v) is 7.49. The fourth-order valence-corrected chi connectivity index (χ4v) is 4.42. The zero-order valence-electron chi connectivity index (χ0n) is 10.6. The Labute approximate surface area is 108 Å². The molecule has 0 aromatic heterocycles. The number of amides is 1. The number of nitrogens with one attached hydrogen (secondary N) is 1. The standard InChI is InChI=1S/C12H21NO4S/c14-12(13-8-11-4-1-5-17-11)7-10-3-2-6-18(15,16)9-10/h10-11H,1-9H2,(H,13,14). The summed E-state index contributed by atoms with van der Waals surface area (Å²) in [5.41, 5.74) is 0. The minimum atomic E-state index is -2.91. The Morgan fingerprint density at radius 1 is 1.28 bits per heavy atom. The Balaban J connectivity index is 1.70. The molecule has 2 aliphatic rings. The molecule has 2 heterocycles. The first kappa shape index (κ1) is 13.8. The lowest BCUT2D eigenvalue weighted by Gasteiger charge is -2.21. The van der Waals surface area contributed by atoms with Crippen LogP contribution in [-0.4, -0.2) is 45.1 Å². The topological polar surface area (TPSA) is 72.5 Å². The molecule has 2 rings (SSSR count). The van der Waals surface area contributed by atoms with Crippen molar-refractivity contribution in [2.45, 2.75) is 38.2 Å². The van der Waals surface area contributed by atoms with E-state index in [-0.39, 0.29) is 29.4 Å². The van der Waals surface area contributed by atoms with Gasteiger partial charge in [-0.1, -0.05) is 0 Å². The third-order valence-electron chi connectivity index (χ3n) is 3.58. The lowest BCUT2D eigenvalue weighted by Crippen LogP contribution is -2.35. The summed E-state index contributed by atoms with van der Waals surface area (Å²) < 4.78 is 28.3. The van der Waals surface area contributed by atoms with E-state index >= 15 is 0 Å². The third-order valence-corrected chi connectivity index (χ3v) is 5.47. The van der Waals surface area contributed by atoms with E-state index in [0.717, 1.165) is 25.9 Å². The molecule has 2 aliphatic heterocycles. The molecule has 18 heavy (non-hydrogen) atoms. The van der Waals surface area contributed by atoms with Crippen LogP contribution in [0.25, 0.3) is 0 Å². The molecule has 1 amide bonds. The van der Waals surface area contributed by atoms with Gasteiger partial charge in [-0.05, 0) is 31.6 Å². The zero-order valence-corrected chi connectivity index (χ0v) is 11.4. The average molecular weight is 275 g/mol. The van der Waals surface area contributed by atoms with Crippen molar-refractivity contribution < 1.29 is 17.9 Å². The summed E-state index contributed by atoms with van der Waals surface area (Å²) in [7, 11) is -2.91. The molecule has 2 saturated heterocycles. The van der Waals surface area contributed by atoms with Gasteiger partial charge in [0, 0.05) is 19.6 Å². The summed E-state index contributed by atoms with van der Waals surface area (Å²) in [6.07, 6.45) is 4.05. The van der Waals surface area contributed by atoms with Gasteiger partial charge in [-0.15, -0.1) is 0 Å². The molecule has 0 aromatic rings. The van der Waals surface area contributed by atoms with Crippen molar-refractivity contribution in [3.63, 3.8) is 0 Å². The maximum atomic E-state index is 11.7. The molecule has 104 valence electrons. The van der Waals surface area contributed by atoms with Crippen molar-refractivity contribution in [3.05, 3.63) is 0 Å². The Kier molecular flexibility index (Phi) is 4.61. The van der Waals surface area contributed by atoms with Gasteiger partial charge in [0.1, 0.15) is 0 Å². The third kappa shape index (κ3) is 4.24. The Hall–Kier alpha value is -0.620. The molecule has 0 radical (unpaired) electrons. The van der Waals surface area contributed by atoms with Gasteiger partial charge >= 0.3 is 0 Å². The van der Waals surface area contributed by atoms with Gasteiger partial charge in [0.2, 0.25) is 5.91 Å².